The normalized spacial score (nSPS) is 32.1. The molecule has 0 spiro atoms. The fraction of sp³-hybridized carbons (Fsp3) is 0.600. The molecule has 0 aliphatic carbocycles. The Morgan fingerprint density at radius 2 is 2.40 bits per heavy atom. The van der Waals surface area contributed by atoms with Crippen LogP contribution in [0, 0.1) is 0 Å². The van der Waals surface area contributed by atoms with Gasteiger partial charge < -0.3 is 35.0 Å². The second kappa shape index (κ2) is 5.63. The molecule has 0 aromatic heterocycles. The lowest BCUT2D eigenvalue weighted by Crippen LogP contribution is -2.42. The molecule has 3 rings (SSSR count). The highest BCUT2D eigenvalue weighted by Gasteiger charge is 2.38. The highest BCUT2D eigenvalue weighted by molar-refractivity contribution is 7.39. The van der Waals surface area contributed by atoms with E-state index in [1.807, 2.05) is 4.90 Å². The third-order valence-electron chi connectivity index (χ3n) is 3.36. The Labute approximate surface area is 116 Å². The van der Waals surface area contributed by atoms with Crippen LogP contribution < -0.4 is 11.1 Å². The first-order valence-corrected chi connectivity index (χ1v) is 7.37. The van der Waals surface area contributed by atoms with Gasteiger partial charge in [-0.05, 0) is 12.8 Å². The van der Waals surface area contributed by atoms with E-state index in [1.54, 1.807) is 12.7 Å². The summed E-state index contributed by atoms with van der Waals surface area (Å²) in [5.41, 5.74) is 6.50. The Morgan fingerprint density at radius 1 is 1.55 bits per heavy atom. The Bertz CT molecular complexity index is 469. The molecule has 0 radical (unpaired) electrons. The summed E-state index contributed by atoms with van der Waals surface area (Å²) in [7, 11) is -2.34. The summed E-state index contributed by atoms with van der Waals surface area (Å²) in [4.78, 5) is 27.9. The van der Waals surface area contributed by atoms with Crippen molar-refractivity contribution in [3.05, 3.63) is 11.5 Å². The van der Waals surface area contributed by atoms with E-state index in [-0.39, 0.29) is 25.1 Å². The van der Waals surface area contributed by atoms with Crippen LogP contribution in [0.2, 0.25) is 0 Å². The molecule has 1 fully saturated rings. The maximum absolute atomic E-state index is 8.74. The van der Waals surface area contributed by atoms with Crippen LogP contribution in [-0.4, -0.2) is 52.5 Å². The van der Waals surface area contributed by atoms with E-state index in [0.717, 1.165) is 12.8 Å². The quantitative estimate of drug-likeness (QED) is 0.498. The first-order chi connectivity index (χ1) is 9.65. The second-order valence-electron chi connectivity index (χ2n) is 4.63. The van der Waals surface area contributed by atoms with Crippen LogP contribution in [0.1, 0.15) is 12.8 Å². The van der Waals surface area contributed by atoms with Gasteiger partial charge in [-0.3, -0.25) is 0 Å². The number of nitrogens with two attached hydrogens (primary N) is 1. The predicted octanol–water partition coefficient (Wildman–Crippen LogP) is -0.851. The van der Waals surface area contributed by atoms with Gasteiger partial charge in [-0.1, -0.05) is 0 Å². The van der Waals surface area contributed by atoms with Gasteiger partial charge in [0.05, 0.1) is 25.4 Å². The average molecular weight is 301 g/mol. The number of nitrogens with one attached hydrogen (secondary N) is 1. The first kappa shape index (κ1) is 13.7. The molecule has 9 nitrogen and oxygen atoms in total. The van der Waals surface area contributed by atoms with Gasteiger partial charge in [-0.2, -0.15) is 0 Å². The van der Waals surface area contributed by atoms with Gasteiger partial charge >= 0.3 is 8.60 Å². The molecule has 1 saturated heterocycles. The summed E-state index contributed by atoms with van der Waals surface area (Å²) in [5, 5.41) is 2.82. The third-order valence-corrected chi connectivity index (χ3v) is 3.74. The monoisotopic (exact) mass is 301 g/mol. The summed E-state index contributed by atoms with van der Waals surface area (Å²) >= 11 is 0. The number of nitrogens with zero attached hydrogens (tertiary/aromatic N) is 3. The molecule has 20 heavy (non-hydrogen) atoms. The van der Waals surface area contributed by atoms with Crippen molar-refractivity contribution in [2.45, 2.75) is 31.3 Å². The van der Waals surface area contributed by atoms with Crippen molar-refractivity contribution in [1.82, 2.24) is 10.2 Å². The largest absolute Gasteiger partial charge is 0.384 e. The SMILES string of the molecule is NC1=C2N=CN([C@H]3CC[C@@H](COP(O)O)O3)C2N=CN1. The highest BCUT2D eigenvalue weighted by atomic mass is 31.2. The maximum atomic E-state index is 8.74. The zero-order valence-corrected chi connectivity index (χ0v) is 11.5. The smallest absolute Gasteiger partial charge is 0.327 e. The van der Waals surface area contributed by atoms with Crippen LogP contribution in [0.3, 0.4) is 0 Å². The van der Waals surface area contributed by atoms with Crippen LogP contribution >= 0.6 is 8.60 Å². The Kier molecular flexibility index (Phi) is 3.86. The Morgan fingerprint density at radius 3 is 3.20 bits per heavy atom. The summed E-state index contributed by atoms with van der Waals surface area (Å²) < 4.78 is 10.6. The van der Waals surface area contributed by atoms with Crippen molar-refractivity contribution < 1.29 is 19.0 Å². The number of ether oxygens (including phenoxy) is 1. The van der Waals surface area contributed by atoms with Gasteiger partial charge in [0.1, 0.15) is 17.7 Å². The molecule has 3 aliphatic heterocycles. The molecule has 3 aliphatic rings. The van der Waals surface area contributed by atoms with Crippen LogP contribution in [0.4, 0.5) is 0 Å². The van der Waals surface area contributed by atoms with E-state index < -0.39 is 8.60 Å². The predicted molar refractivity (Wildman–Crippen MR) is 72.2 cm³/mol. The van der Waals surface area contributed by atoms with E-state index in [2.05, 4.69) is 15.3 Å². The van der Waals surface area contributed by atoms with Crippen molar-refractivity contribution >= 4 is 21.3 Å². The second-order valence-corrected chi connectivity index (χ2v) is 5.39. The molecule has 0 aromatic rings. The van der Waals surface area contributed by atoms with Crippen molar-refractivity contribution in [2.24, 2.45) is 15.7 Å². The van der Waals surface area contributed by atoms with Gasteiger partial charge in [0.25, 0.3) is 0 Å². The van der Waals surface area contributed by atoms with Gasteiger partial charge in [-0.25, -0.2) is 9.98 Å². The summed E-state index contributed by atoms with van der Waals surface area (Å²) in [5.74, 6) is 0.493. The molecule has 10 heteroatoms. The van der Waals surface area contributed by atoms with Crippen LogP contribution in [-0.2, 0) is 9.26 Å². The number of rotatable bonds is 4. The summed E-state index contributed by atoms with van der Waals surface area (Å²) in [6.45, 7) is 0.167. The van der Waals surface area contributed by atoms with E-state index in [4.69, 9.17) is 24.8 Å². The molecular formula is C10H16N5O4P. The summed E-state index contributed by atoms with van der Waals surface area (Å²) in [6, 6.07) is 0. The van der Waals surface area contributed by atoms with E-state index >= 15 is 0 Å². The lowest BCUT2D eigenvalue weighted by molar-refractivity contribution is -0.0432. The topological polar surface area (TPSA) is 125 Å². The molecule has 3 atom stereocenters. The Hall–Kier alpha value is -1.25. The lowest BCUT2D eigenvalue weighted by Gasteiger charge is -2.29. The van der Waals surface area contributed by atoms with Crippen LogP contribution in [0.5, 0.6) is 0 Å². The zero-order valence-electron chi connectivity index (χ0n) is 10.6. The van der Waals surface area contributed by atoms with Crippen molar-refractivity contribution in [2.75, 3.05) is 6.61 Å². The minimum absolute atomic E-state index is 0.159. The van der Waals surface area contributed by atoms with Crippen LogP contribution in [0.25, 0.3) is 0 Å². The fourth-order valence-electron chi connectivity index (χ4n) is 2.42. The molecular weight excluding hydrogens is 285 g/mol. The fourth-order valence-corrected chi connectivity index (χ4v) is 2.72. The van der Waals surface area contributed by atoms with E-state index in [9.17, 15) is 0 Å². The maximum Gasteiger partial charge on any atom is 0.327 e. The van der Waals surface area contributed by atoms with Gasteiger partial charge in [0.2, 0.25) is 0 Å². The number of hydrogen-bond donors (Lipinski definition) is 4. The standard InChI is InChI=1S/C10H16N5O4P/c11-9-8-10(13-4-12-9)15(5-14-8)7-2-1-6(19-7)3-18-20(16)17/h4-7,10,16-17H,1-3,11H2,(H,12,13)/t6-,7+,10?/m0/s1. The molecule has 0 bridgehead atoms. The average Bonchev–Trinajstić information content (AvgIpc) is 3.02. The minimum Gasteiger partial charge on any atom is -0.384 e. The molecule has 0 amide bonds. The van der Waals surface area contributed by atoms with Gasteiger partial charge in [0.15, 0.2) is 6.17 Å². The summed E-state index contributed by atoms with van der Waals surface area (Å²) in [6.07, 6.45) is 4.22. The number of hydrogen-bond acceptors (Lipinski definition) is 9. The molecule has 3 heterocycles. The molecule has 1 unspecified atom stereocenters. The van der Waals surface area contributed by atoms with Gasteiger partial charge in [-0.15, -0.1) is 0 Å². The molecule has 110 valence electrons. The van der Waals surface area contributed by atoms with Crippen LogP contribution in [0.15, 0.2) is 21.5 Å². The van der Waals surface area contributed by atoms with Gasteiger partial charge in [0, 0.05) is 0 Å². The van der Waals surface area contributed by atoms with E-state index in [0.29, 0.717) is 11.5 Å². The lowest BCUT2D eigenvalue weighted by atomic mass is 10.2. The van der Waals surface area contributed by atoms with Crippen molar-refractivity contribution in [1.29, 1.82) is 0 Å². The minimum atomic E-state index is -2.34. The Balaban J connectivity index is 1.60. The first-order valence-electron chi connectivity index (χ1n) is 6.21. The van der Waals surface area contributed by atoms with Crippen molar-refractivity contribution in [3.8, 4) is 0 Å². The third kappa shape index (κ3) is 2.63. The zero-order chi connectivity index (χ0) is 14.1. The van der Waals surface area contributed by atoms with Crippen molar-refractivity contribution in [3.63, 3.8) is 0 Å². The number of fused-ring (bicyclic) bond motifs is 1. The molecule has 5 N–H and O–H groups in total. The van der Waals surface area contributed by atoms with E-state index in [1.165, 1.54) is 0 Å². The highest BCUT2D eigenvalue weighted by Crippen LogP contribution is 2.32. The molecule has 0 saturated carbocycles. The molecule has 0 aromatic carbocycles. The number of aliphatic imine (C=N–C) groups is 2.